The molecule has 0 amide bonds. The molecule has 15 atom stereocenters. The Bertz CT molecular complexity index is 3980. The van der Waals surface area contributed by atoms with Crippen LogP contribution in [-0.2, 0) is 99.8 Å². The number of esters is 10. The van der Waals surface area contributed by atoms with Crippen LogP contribution in [0.25, 0.3) is 0 Å². The molecule has 3 saturated heterocycles. The summed E-state index contributed by atoms with van der Waals surface area (Å²) in [6.07, 6.45) is 6.15. The van der Waals surface area contributed by atoms with Gasteiger partial charge in [-0.1, -0.05) is 272 Å². The summed E-state index contributed by atoms with van der Waals surface area (Å²) in [6, 6.07) is 39.1. The highest BCUT2D eigenvalue weighted by atomic mass is 32.2. The molecule has 0 N–H and O–H groups in total. The third kappa shape index (κ3) is 37.7. The second-order valence-corrected chi connectivity index (χ2v) is 34.9. The summed E-state index contributed by atoms with van der Waals surface area (Å²) in [5.41, 5.74) is 0.0271. The van der Waals surface area contributed by atoms with Crippen molar-refractivity contribution in [1.29, 1.82) is 0 Å². The summed E-state index contributed by atoms with van der Waals surface area (Å²) in [4.78, 5) is 141. The molecule has 3 heterocycles. The number of ether oxygens (including phenoxy) is 16. The van der Waals surface area contributed by atoms with Gasteiger partial charge in [-0.25, -0.2) is 24.0 Å². The molecule has 127 heavy (non-hydrogen) atoms. The third-order valence-electron chi connectivity index (χ3n) is 22.1. The Balaban J connectivity index is 1.21. The topological polar surface area (TPSA) is 318 Å². The summed E-state index contributed by atoms with van der Waals surface area (Å²) in [5, 5.41) is 0. The monoisotopic (exact) mass is 1800 g/mol. The van der Waals surface area contributed by atoms with Gasteiger partial charge in [0.1, 0.15) is 50.3 Å². The summed E-state index contributed by atoms with van der Waals surface area (Å²) >= 11 is 3.67. The number of hydrogen-bond acceptors (Lipinski definition) is 28. The van der Waals surface area contributed by atoms with E-state index in [1.807, 2.05) is 23.5 Å². The molecule has 5 aromatic carbocycles. The van der Waals surface area contributed by atoms with Crippen molar-refractivity contribution in [2.24, 2.45) is 5.92 Å². The molecule has 28 heteroatoms. The van der Waals surface area contributed by atoms with Crippen LogP contribution in [0.2, 0.25) is 0 Å². The van der Waals surface area contributed by atoms with E-state index in [1.165, 1.54) is 202 Å². The van der Waals surface area contributed by atoms with E-state index in [9.17, 15) is 28.8 Å². The predicted molar refractivity (Wildman–Crippen MR) is 480 cm³/mol. The fraction of sp³-hybridized carbons (Fsp3) is 0.596. The van der Waals surface area contributed by atoms with Crippen molar-refractivity contribution in [1.82, 2.24) is 0 Å². The van der Waals surface area contributed by atoms with Crippen molar-refractivity contribution in [3.8, 4) is 0 Å². The van der Waals surface area contributed by atoms with Gasteiger partial charge in [-0.05, 0) is 96.5 Å². The molecule has 0 saturated carbocycles. The Labute approximate surface area is 758 Å². The first-order chi connectivity index (χ1) is 61.7. The zero-order chi connectivity index (χ0) is 90.8. The molecule has 0 aliphatic carbocycles. The molecule has 0 unspecified atom stereocenters. The molecule has 0 bridgehead atoms. The lowest BCUT2D eigenvalue weighted by atomic mass is 9.95. The third-order valence-corrected chi connectivity index (χ3v) is 24.6. The normalized spacial score (nSPS) is 22.1. The first-order valence-corrected chi connectivity index (χ1v) is 48.1. The van der Waals surface area contributed by atoms with E-state index in [1.54, 1.807) is 91.0 Å². The Kier molecular flexibility index (Phi) is 48.5. The minimum absolute atomic E-state index is 0.0113. The first kappa shape index (κ1) is 104. The van der Waals surface area contributed by atoms with Crippen molar-refractivity contribution < 1.29 is 124 Å². The van der Waals surface area contributed by atoms with Gasteiger partial charge < -0.3 is 75.8 Å². The SMILES string of the molecule is CCCCCCCCCCCCCCCCSCC(CO[C@@H]1O[C@H](COC(=O)c2ccccc2)[C@@H](O[C@@H]2O[C@H](COC(C)=O)[C@H](O[C@H]3O[C@H](COC(C)=O)[C@H](OC(C)=O)[C@H](OC(C)=O)[C@H]3OC(C)=O)[C@H](OC(=O)c3ccccc3)[C@H]2OC(=O)c2ccccc2)[C@H](OC(=O)c2ccccc2)[C@H]1OC(=O)c1ccccc1)CSCCCCCCCCCCCCCCCC. The maximum atomic E-state index is 15.4. The summed E-state index contributed by atoms with van der Waals surface area (Å²) < 4.78 is 103. The Morgan fingerprint density at radius 2 is 0.528 bits per heavy atom. The average Bonchev–Trinajstić information content (AvgIpc) is 0.750. The number of thioether (sulfide) groups is 2. The number of carbonyl (C=O) groups excluding carboxylic acids is 10. The molecular formula is C99H134O26S2. The van der Waals surface area contributed by atoms with Gasteiger partial charge in [0.2, 0.25) is 0 Å². The van der Waals surface area contributed by atoms with Crippen LogP contribution in [-0.4, -0.2) is 201 Å². The Hall–Kier alpha value is -8.74. The maximum Gasteiger partial charge on any atom is 0.338 e. The van der Waals surface area contributed by atoms with E-state index in [4.69, 9.17) is 75.8 Å². The van der Waals surface area contributed by atoms with Gasteiger partial charge in [-0.3, -0.25) is 24.0 Å². The second kappa shape index (κ2) is 59.5. The van der Waals surface area contributed by atoms with E-state index in [0.29, 0.717) is 11.5 Å². The fourth-order valence-corrected chi connectivity index (χ4v) is 17.9. The van der Waals surface area contributed by atoms with Crippen molar-refractivity contribution in [2.75, 3.05) is 49.4 Å². The number of benzene rings is 5. The largest absolute Gasteiger partial charge is 0.463 e. The number of rotatable bonds is 59. The van der Waals surface area contributed by atoms with Crippen molar-refractivity contribution in [3.63, 3.8) is 0 Å². The molecule has 5 aromatic rings. The molecule has 0 radical (unpaired) electrons. The zero-order valence-electron chi connectivity index (χ0n) is 75.1. The Morgan fingerprint density at radius 3 is 0.850 bits per heavy atom. The van der Waals surface area contributed by atoms with Crippen LogP contribution in [0.1, 0.15) is 280 Å². The number of hydrogen-bond donors (Lipinski definition) is 0. The molecule has 3 aliphatic heterocycles. The quantitative estimate of drug-likeness (QED) is 0.0198. The van der Waals surface area contributed by atoms with Crippen LogP contribution >= 0.6 is 23.5 Å². The Morgan fingerprint density at radius 1 is 0.276 bits per heavy atom. The van der Waals surface area contributed by atoms with Crippen LogP contribution < -0.4 is 0 Å². The van der Waals surface area contributed by atoms with Gasteiger partial charge in [0.15, 0.2) is 61.6 Å². The van der Waals surface area contributed by atoms with Gasteiger partial charge >= 0.3 is 59.7 Å². The van der Waals surface area contributed by atoms with Crippen LogP contribution in [0.4, 0.5) is 0 Å². The highest BCUT2D eigenvalue weighted by Gasteiger charge is 2.61. The van der Waals surface area contributed by atoms with Crippen molar-refractivity contribution >= 4 is 83.2 Å². The zero-order valence-corrected chi connectivity index (χ0v) is 76.7. The highest BCUT2D eigenvalue weighted by Crippen LogP contribution is 2.40. The lowest BCUT2D eigenvalue weighted by molar-refractivity contribution is -0.377. The molecule has 8 rings (SSSR count). The van der Waals surface area contributed by atoms with E-state index in [2.05, 4.69) is 13.8 Å². The number of unbranched alkanes of at least 4 members (excludes halogenated alkanes) is 26. The van der Waals surface area contributed by atoms with Crippen molar-refractivity contribution in [2.45, 2.75) is 320 Å². The van der Waals surface area contributed by atoms with Crippen molar-refractivity contribution in [3.05, 3.63) is 179 Å². The van der Waals surface area contributed by atoms with Crippen LogP contribution in [0.15, 0.2) is 152 Å². The van der Waals surface area contributed by atoms with E-state index in [-0.39, 0.29) is 40.3 Å². The van der Waals surface area contributed by atoms with E-state index < -0.39 is 172 Å². The fourth-order valence-electron chi connectivity index (χ4n) is 15.5. The first-order valence-electron chi connectivity index (χ1n) is 45.8. The number of carbonyl (C=O) groups is 10. The lowest BCUT2D eigenvalue weighted by Crippen LogP contribution is -2.69. The summed E-state index contributed by atoms with van der Waals surface area (Å²) in [5.74, 6) is -6.67. The summed E-state index contributed by atoms with van der Waals surface area (Å²) in [6.45, 7) is 7.40. The summed E-state index contributed by atoms with van der Waals surface area (Å²) in [7, 11) is 0. The standard InChI is InChI=1S/C99H134O26S2/c1-8-10-12-14-16-18-20-22-24-26-28-30-32-49-61-126-67-74(68-127-62-50-33-31-29-27-25-23-21-19-17-15-13-11-9-2)63-113-97-89(122-95(108)78-57-45-37-46-58-78)87(120-93(106)76-53-41-35-42-54-76)85(82(117-97)66-112-92(105)75-51-39-34-40-52-75)125-99-91(123-96(109)79-59-47-38-48-60-79)88(121-94(107)77-55-43-36-44-56-77)84(81(119-99)65-111-70(4)101)124-98-90(116-73(7)104)86(115-72(6)103)83(114-71(5)102)80(118-98)64-110-69(3)100/h34-48,51-60,74,80-91,97-99H,8-33,49-50,61-68H2,1-7H3/t80-,81-,82-,83+,84+,85-,86+,87+,88+,89-,90-,91-,97-,98-,99+/m1/s1. The smallest absolute Gasteiger partial charge is 0.338 e. The average molecular weight is 1800 g/mol. The minimum atomic E-state index is -2.21. The molecule has 698 valence electrons. The minimum Gasteiger partial charge on any atom is -0.463 e. The second-order valence-electron chi connectivity index (χ2n) is 32.6. The maximum absolute atomic E-state index is 15.4. The highest BCUT2D eigenvalue weighted by molar-refractivity contribution is 8.00. The molecule has 0 spiro atoms. The molecule has 3 fully saturated rings. The van der Waals surface area contributed by atoms with Crippen LogP contribution in [0, 0.1) is 5.92 Å². The van der Waals surface area contributed by atoms with Gasteiger partial charge in [0.25, 0.3) is 0 Å². The van der Waals surface area contributed by atoms with Gasteiger partial charge in [-0.2, -0.15) is 23.5 Å². The lowest BCUT2D eigenvalue weighted by Gasteiger charge is -2.50. The van der Waals surface area contributed by atoms with E-state index in [0.717, 1.165) is 84.6 Å². The molecule has 26 nitrogen and oxygen atoms in total. The van der Waals surface area contributed by atoms with Gasteiger partial charge in [0.05, 0.1) is 34.4 Å². The molecular weight excluding hydrogens is 1670 g/mol. The molecule has 0 aromatic heterocycles. The van der Waals surface area contributed by atoms with Gasteiger partial charge in [-0.15, -0.1) is 0 Å². The molecule has 3 aliphatic rings. The van der Waals surface area contributed by atoms with E-state index >= 15 is 19.2 Å². The van der Waals surface area contributed by atoms with Crippen LogP contribution in [0.3, 0.4) is 0 Å². The van der Waals surface area contributed by atoms with Gasteiger partial charge in [0, 0.05) is 40.5 Å². The van der Waals surface area contributed by atoms with Crippen LogP contribution in [0.5, 0.6) is 0 Å². The predicted octanol–water partition coefficient (Wildman–Crippen LogP) is 18.7.